The number of rotatable bonds is 1. The number of hydrogen-bond donors (Lipinski definition) is 1. The van der Waals surface area contributed by atoms with E-state index in [0.29, 0.717) is 5.92 Å². The molecule has 16 heavy (non-hydrogen) atoms. The Morgan fingerprint density at radius 1 is 1.25 bits per heavy atom. The summed E-state index contributed by atoms with van der Waals surface area (Å²) >= 11 is 0. The zero-order valence-electron chi connectivity index (χ0n) is 10.0. The minimum absolute atomic E-state index is 0.0764. The second-order valence-corrected chi connectivity index (χ2v) is 5.69. The quantitative estimate of drug-likeness (QED) is 0.794. The largest absolute Gasteiger partial charge is 0.346 e. The molecule has 1 aliphatic carbocycles. The van der Waals surface area contributed by atoms with E-state index in [9.17, 15) is 0 Å². The van der Waals surface area contributed by atoms with Crippen LogP contribution in [0.2, 0.25) is 0 Å². The minimum Gasteiger partial charge on any atom is -0.346 e. The van der Waals surface area contributed by atoms with Crippen molar-refractivity contribution >= 4 is 11.0 Å². The molecule has 0 aromatic carbocycles. The Balaban J connectivity index is 2.26. The topological polar surface area (TPSA) is 41.6 Å². The summed E-state index contributed by atoms with van der Waals surface area (Å²) in [5.41, 5.74) is 2.23. The Morgan fingerprint density at radius 2 is 2.00 bits per heavy atom. The standard InChI is InChI=1S/C13H17N3/c1-13(2,3)10-9-6-7-14-12(9)16-11(15-10)8-4-5-8/h6-8H,4-5H2,1-3H3,(H,14,15,16). The van der Waals surface area contributed by atoms with Gasteiger partial charge in [-0.25, -0.2) is 9.97 Å². The van der Waals surface area contributed by atoms with Gasteiger partial charge in [0, 0.05) is 22.9 Å². The molecule has 1 N–H and O–H groups in total. The number of aromatic amines is 1. The summed E-state index contributed by atoms with van der Waals surface area (Å²) in [6, 6.07) is 2.08. The van der Waals surface area contributed by atoms with Gasteiger partial charge in [0.25, 0.3) is 0 Å². The first-order valence-electron chi connectivity index (χ1n) is 5.91. The zero-order chi connectivity index (χ0) is 11.3. The lowest BCUT2D eigenvalue weighted by molar-refractivity contribution is 0.570. The number of hydrogen-bond acceptors (Lipinski definition) is 2. The van der Waals surface area contributed by atoms with Crippen molar-refractivity contribution in [3.63, 3.8) is 0 Å². The molecule has 0 bridgehead atoms. The van der Waals surface area contributed by atoms with Crippen molar-refractivity contribution < 1.29 is 0 Å². The maximum absolute atomic E-state index is 4.78. The van der Waals surface area contributed by atoms with Crippen molar-refractivity contribution in [3.8, 4) is 0 Å². The molecule has 3 rings (SSSR count). The van der Waals surface area contributed by atoms with E-state index in [1.54, 1.807) is 0 Å². The molecule has 0 unspecified atom stereocenters. The minimum atomic E-state index is 0.0764. The van der Waals surface area contributed by atoms with Gasteiger partial charge in [-0.05, 0) is 18.9 Å². The van der Waals surface area contributed by atoms with E-state index in [0.717, 1.165) is 16.9 Å². The second kappa shape index (κ2) is 3.06. The SMILES string of the molecule is CC(C)(C)c1nc(C2CC2)nc2[nH]ccc12. The molecule has 0 spiro atoms. The molecule has 2 aromatic rings. The van der Waals surface area contributed by atoms with E-state index >= 15 is 0 Å². The molecule has 0 saturated heterocycles. The molecular formula is C13H17N3. The Morgan fingerprint density at radius 3 is 2.62 bits per heavy atom. The van der Waals surface area contributed by atoms with Crippen molar-refractivity contribution in [3.05, 3.63) is 23.8 Å². The van der Waals surface area contributed by atoms with Crippen LogP contribution in [0.15, 0.2) is 12.3 Å². The molecule has 0 atom stereocenters. The predicted molar refractivity (Wildman–Crippen MR) is 64.6 cm³/mol. The fraction of sp³-hybridized carbons (Fsp3) is 0.538. The fourth-order valence-corrected chi connectivity index (χ4v) is 2.05. The first kappa shape index (κ1) is 9.82. The van der Waals surface area contributed by atoms with E-state index in [2.05, 4.69) is 36.8 Å². The van der Waals surface area contributed by atoms with Gasteiger partial charge in [-0.1, -0.05) is 20.8 Å². The zero-order valence-corrected chi connectivity index (χ0v) is 10.0. The summed E-state index contributed by atoms with van der Waals surface area (Å²) in [5.74, 6) is 1.63. The Kier molecular flexibility index (Phi) is 1.88. The molecule has 0 radical (unpaired) electrons. The van der Waals surface area contributed by atoms with Crippen LogP contribution in [-0.4, -0.2) is 15.0 Å². The van der Waals surface area contributed by atoms with Crippen LogP contribution in [-0.2, 0) is 5.41 Å². The summed E-state index contributed by atoms with van der Waals surface area (Å²) in [5, 5.41) is 1.16. The maximum atomic E-state index is 4.78. The lowest BCUT2D eigenvalue weighted by Gasteiger charge is -2.19. The highest BCUT2D eigenvalue weighted by Gasteiger charge is 2.29. The monoisotopic (exact) mass is 215 g/mol. The average molecular weight is 215 g/mol. The molecule has 3 heteroatoms. The van der Waals surface area contributed by atoms with Crippen LogP contribution in [0.4, 0.5) is 0 Å². The van der Waals surface area contributed by atoms with Crippen LogP contribution in [0.25, 0.3) is 11.0 Å². The second-order valence-electron chi connectivity index (χ2n) is 5.69. The summed E-state index contributed by atoms with van der Waals surface area (Å²) in [6.45, 7) is 6.62. The van der Waals surface area contributed by atoms with Gasteiger partial charge >= 0.3 is 0 Å². The first-order chi connectivity index (χ1) is 7.55. The third-order valence-corrected chi connectivity index (χ3v) is 3.09. The van der Waals surface area contributed by atoms with E-state index in [4.69, 9.17) is 4.98 Å². The highest BCUT2D eigenvalue weighted by atomic mass is 15.0. The molecule has 0 aliphatic heterocycles. The van der Waals surface area contributed by atoms with Crippen molar-refractivity contribution in [1.29, 1.82) is 0 Å². The molecule has 1 aliphatic rings. The van der Waals surface area contributed by atoms with E-state index in [1.165, 1.54) is 18.5 Å². The molecule has 0 amide bonds. The summed E-state index contributed by atoms with van der Waals surface area (Å²) in [6.07, 6.45) is 4.44. The van der Waals surface area contributed by atoms with Crippen LogP contribution in [0.1, 0.15) is 51.0 Å². The molecule has 84 valence electrons. The summed E-state index contributed by atoms with van der Waals surface area (Å²) < 4.78 is 0. The lowest BCUT2D eigenvalue weighted by atomic mass is 9.90. The van der Waals surface area contributed by atoms with Gasteiger partial charge in [0.1, 0.15) is 11.5 Å². The average Bonchev–Trinajstić information content (AvgIpc) is 2.94. The van der Waals surface area contributed by atoms with Gasteiger partial charge in [0.2, 0.25) is 0 Å². The predicted octanol–water partition coefficient (Wildman–Crippen LogP) is 3.13. The molecule has 1 saturated carbocycles. The van der Waals surface area contributed by atoms with Crippen LogP contribution in [0, 0.1) is 0 Å². The lowest BCUT2D eigenvalue weighted by Crippen LogP contribution is -2.15. The number of aromatic nitrogens is 3. The highest BCUT2D eigenvalue weighted by Crippen LogP contribution is 2.39. The molecule has 2 heterocycles. The summed E-state index contributed by atoms with van der Waals surface area (Å²) in [7, 11) is 0. The van der Waals surface area contributed by atoms with Gasteiger partial charge in [0.15, 0.2) is 0 Å². The first-order valence-corrected chi connectivity index (χ1v) is 5.91. The highest BCUT2D eigenvalue weighted by molar-refractivity contribution is 5.79. The van der Waals surface area contributed by atoms with E-state index < -0.39 is 0 Å². The third-order valence-electron chi connectivity index (χ3n) is 3.09. The van der Waals surface area contributed by atoms with Crippen molar-refractivity contribution in [1.82, 2.24) is 15.0 Å². The molecular weight excluding hydrogens is 198 g/mol. The van der Waals surface area contributed by atoms with E-state index in [1.807, 2.05) is 6.20 Å². The van der Waals surface area contributed by atoms with Crippen molar-refractivity contribution in [2.75, 3.05) is 0 Å². The van der Waals surface area contributed by atoms with Gasteiger partial charge < -0.3 is 4.98 Å². The Labute approximate surface area is 95.3 Å². The molecule has 1 fully saturated rings. The normalized spacial score (nSPS) is 16.9. The smallest absolute Gasteiger partial charge is 0.141 e. The van der Waals surface area contributed by atoms with Crippen LogP contribution >= 0.6 is 0 Å². The van der Waals surface area contributed by atoms with Crippen molar-refractivity contribution in [2.24, 2.45) is 0 Å². The third kappa shape index (κ3) is 1.51. The van der Waals surface area contributed by atoms with Crippen LogP contribution in [0.3, 0.4) is 0 Å². The van der Waals surface area contributed by atoms with Gasteiger partial charge in [0.05, 0.1) is 5.69 Å². The van der Waals surface area contributed by atoms with Crippen molar-refractivity contribution in [2.45, 2.75) is 44.9 Å². The van der Waals surface area contributed by atoms with Gasteiger partial charge in [-0.15, -0.1) is 0 Å². The van der Waals surface area contributed by atoms with Crippen LogP contribution < -0.4 is 0 Å². The maximum Gasteiger partial charge on any atom is 0.141 e. The number of H-pyrrole nitrogens is 1. The van der Waals surface area contributed by atoms with Gasteiger partial charge in [-0.2, -0.15) is 0 Å². The van der Waals surface area contributed by atoms with Gasteiger partial charge in [-0.3, -0.25) is 0 Å². The number of nitrogens with zero attached hydrogens (tertiary/aromatic N) is 2. The Bertz CT molecular complexity index is 530. The fourth-order valence-electron chi connectivity index (χ4n) is 2.05. The molecule has 3 nitrogen and oxygen atoms in total. The number of fused-ring (bicyclic) bond motifs is 1. The van der Waals surface area contributed by atoms with Crippen LogP contribution in [0.5, 0.6) is 0 Å². The number of nitrogens with one attached hydrogen (secondary N) is 1. The Hall–Kier alpha value is -1.38. The van der Waals surface area contributed by atoms with E-state index in [-0.39, 0.29) is 5.41 Å². The molecule has 2 aromatic heterocycles. The summed E-state index contributed by atoms with van der Waals surface area (Å²) in [4.78, 5) is 12.6.